The lowest BCUT2D eigenvalue weighted by Gasteiger charge is -2.27. The minimum atomic E-state index is 0.717. The molecular formula is C12H14N4O. The van der Waals surface area contributed by atoms with Crippen LogP contribution in [0.2, 0.25) is 0 Å². The van der Waals surface area contributed by atoms with Gasteiger partial charge in [0.15, 0.2) is 5.65 Å². The van der Waals surface area contributed by atoms with E-state index in [1.165, 1.54) is 0 Å². The summed E-state index contributed by atoms with van der Waals surface area (Å²) in [7, 11) is 0. The number of pyridine rings is 1. The smallest absolute Gasteiger partial charge is 0.180 e. The molecule has 0 saturated carbocycles. The van der Waals surface area contributed by atoms with Crippen molar-refractivity contribution >= 4 is 17.0 Å². The highest BCUT2D eigenvalue weighted by Crippen LogP contribution is 2.15. The second-order valence-corrected chi connectivity index (χ2v) is 4.12. The van der Waals surface area contributed by atoms with Gasteiger partial charge < -0.3 is 9.64 Å². The van der Waals surface area contributed by atoms with Gasteiger partial charge in [-0.1, -0.05) is 0 Å². The first-order chi connectivity index (χ1) is 8.33. The summed E-state index contributed by atoms with van der Waals surface area (Å²) in [5.74, 6) is 0.888. The molecule has 0 bridgehead atoms. The highest BCUT2D eigenvalue weighted by molar-refractivity contribution is 5.71. The molecule has 2 aromatic rings. The molecule has 0 unspecified atom stereocenters. The lowest BCUT2D eigenvalue weighted by Crippen LogP contribution is -2.36. The van der Waals surface area contributed by atoms with E-state index in [0.717, 1.165) is 43.3 Å². The van der Waals surface area contributed by atoms with Crippen molar-refractivity contribution in [3.8, 4) is 0 Å². The molecule has 0 atom stereocenters. The van der Waals surface area contributed by atoms with E-state index in [2.05, 4.69) is 19.9 Å². The van der Waals surface area contributed by atoms with Crippen molar-refractivity contribution in [2.24, 2.45) is 0 Å². The molecule has 2 aromatic heterocycles. The van der Waals surface area contributed by atoms with Crippen LogP contribution in [-0.2, 0) is 4.74 Å². The molecule has 0 spiro atoms. The third kappa shape index (κ3) is 2.06. The molecule has 3 heterocycles. The molecule has 0 radical (unpaired) electrons. The first-order valence-electron chi connectivity index (χ1n) is 5.76. The fraction of sp³-hybridized carbons (Fsp3) is 0.417. The van der Waals surface area contributed by atoms with E-state index in [1.54, 1.807) is 0 Å². The Labute approximate surface area is 99.5 Å². The minimum Gasteiger partial charge on any atom is -0.378 e. The van der Waals surface area contributed by atoms with E-state index in [-0.39, 0.29) is 0 Å². The molecule has 0 aromatic carbocycles. The number of nitrogens with zero attached hydrogens (tertiary/aromatic N) is 4. The quantitative estimate of drug-likeness (QED) is 0.736. The lowest BCUT2D eigenvalue weighted by molar-refractivity contribution is 0.122. The van der Waals surface area contributed by atoms with Gasteiger partial charge in [0.25, 0.3) is 0 Å². The number of ether oxygens (including phenoxy) is 1. The van der Waals surface area contributed by atoms with Gasteiger partial charge >= 0.3 is 0 Å². The van der Waals surface area contributed by atoms with E-state index in [0.29, 0.717) is 5.65 Å². The normalized spacial score (nSPS) is 16.4. The van der Waals surface area contributed by atoms with E-state index < -0.39 is 0 Å². The van der Waals surface area contributed by atoms with Crippen molar-refractivity contribution in [2.75, 3.05) is 31.2 Å². The Morgan fingerprint density at radius 1 is 1.18 bits per heavy atom. The second-order valence-electron chi connectivity index (χ2n) is 4.12. The number of fused-ring (bicyclic) bond motifs is 1. The fourth-order valence-electron chi connectivity index (χ4n) is 1.93. The first kappa shape index (κ1) is 10.4. The molecule has 5 heteroatoms. The number of hydrogen-bond acceptors (Lipinski definition) is 5. The van der Waals surface area contributed by atoms with Crippen LogP contribution in [0.5, 0.6) is 0 Å². The van der Waals surface area contributed by atoms with Crippen LogP contribution in [0.15, 0.2) is 18.3 Å². The van der Waals surface area contributed by atoms with Gasteiger partial charge in [-0.2, -0.15) is 0 Å². The number of morpholine rings is 1. The molecule has 88 valence electrons. The SMILES string of the molecule is Cc1ccc2ncc(N3CCOCC3)nc2n1. The maximum absolute atomic E-state index is 5.32. The average molecular weight is 230 g/mol. The van der Waals surface area contributed by atoms with Gasteiger partial charge in [0.2, 0.25) is 0 Å². The Morgan fingerprint density at radius 3 is 2.82 bits per heavy atom. The minimum absolute atomic E-state index is 0.717. The number of rotatable bonds is 1. The third-order valence-corrected chi connectivity index (χ3v) is 2.87. The maximum Gasteiger partial charge on any atom is 0.180 e. The second kappa shape index (κ2) is 4.25. The topological polar surface area (TPSA) is 51.1 Å². The molecule has 1 aliphatic heterocycles. The van der Waals surface area contributed by atoms with Gasteiger partial charge in [-0.3, -0.25) is 0 Å². The molecule has 0 aliphatic carbocycles. The van der Waals surface area contributed by atoms with E-state index in [1.807, 2.05) is 25.3 Å². The van der Waals surface area contributed by atoms with Crippen molar-refractivity contribution < 1.29 is 4.74 Å². The highest BCUT2D eigenvalue weighted by atomic mass is 16.5. The van der Waals surface area contributed by atoms with Crippen LogP contribution in [0.25, 0.3) is 11.2 Å². The van der Waals surface area contributed by atoms with Gasteiger partial charge in [0.1, 0.15) is 11.3 Å². The molecule has 0 N–H and O–H groups in total. The van der Waals surface area contributed by atoms with Gasteiger partial charge in [0.05, 0.1) is 19.4 Å². The van der Waals surface area contributed by atoms with Crippen LogP contribution in [0.4, 0.5) is 5.82 Å². The van der Waals surface area contributed by atoms with Crippen molar-refractivity contribution in [3.63, 3.8) is 0 Å². The van der Waals surface area contributed by atoms with Crippen LogP contribution in [0, 0.1) is 6.92 Å². The lowest BCUT2D eigenvalue weighted by atomic mass is 10.3. The zero-order valence-electron chi connectivity index (χ0n) is 9.76. The van der Waals surface area contributed by atoms with Gasteiger partial charge in [-0.15, -0.1) is 0 Å². The standard InChI is InChI=1S/C12H14N4O/c1-9-2-3-10-12(14-9)15-11(8-13-10)16-4-6-17-7-5-16/h2-3,8H,4-7H2,1H3. The Morgan fingerprint density at radius 2 is 2.00 bits per heavy atom. The van der Waals surface area contributed by atoms with E-state index >= 15 is 0 Å². The van der Waals surface area contributed by atoms with E-state index in [9.17, 15) is 0 Å². The Bertz CT molecular complexity index is 537. The molecule has 1 saturated heterocycles. The average Bonchev–Trinajstić information content (AvgIpc) is 2.39. The molecule has 17 heavy (non-hydrogen) atoms. The predicted molar refractivity (Wildman–Crippen MR) is 65.1 cm³/mol. The Hall–Kier alpha value is -1.75. The number of anilines is 1. The summed E-state index contributed by atoms with van der Waals surface area (Å²) in [6.07, 6.45) is 1.81. The van der Waals surface area contributed by atoms with Crippen molar-refractivity contribution in [3.05, 3.63) is 24.0 Å². The van der Waals surface area contributed by atoms with Crippen LogP contribution >= 0.6 is 0 Å². The monoisotopic (exact) mass is 230 g/mol. The van der Waals surface area contributed by atoms with Crippen molar-refractivity contribution in [1.29, 1.82) is 0 Å². The number of hydrogen-bond donors (Lipinski definition) is 0. The zero-order valence-corrected chi connectivity index (χ0v) is 9.76. The van der Waals surface area contributed by atoms with Crippen LogP contribution in [-0.4, -0.2) is 41.3 Å². The predicted octanol–water partition coefficient (Wildman–Crippen LogP) is 1.17. The largest absolute Gasteiger partial charge is 0.378 e. The summed E-state index contributed by atoms with van der Waals surface area (Å²) < 4.78 is 5.32. The van der Waals surface area contributed by atoms with Gasteiger partial charge in [-0.05, 0) is 19.1 Å². The molecule has 1 aliphatic rings. The summed E-state index contributed by atoms with van der Waals surface area (Å²) in [5.41, 5.74) is 2.52. The molecule has 5 nitrogen and oxygen atoms in total. The summed E-state index contributed by atoms with van der Waals surface area (Å²) in [6, 6.07) is 3.90. The summed E-state index contributed by atoms with van der Waals surface area (Å²) in [5, 5.41) is 0. The van der Waals surface area contributed by atoms with Crippen molar-refractivity contribution in [2.45, 2.75) is 6.92 Å². The van der Waals surface area contributed by atoms with E-state index in [4.69, 9.17) is 4.74 Å². The molecular weight excluding hydrogens is 216 g/mol. The molecule has 3 rings (SSSR count). The molecule has 1 fully saturated rings. The van der Waals surface area contributed by atoms with Gasteiger partial charge in [-0.25, -0.2) is 15.0 Å². The summed E-state index contributed by atoms with van der Waals surface area (Å²) >= 11 is 0. The third-order valence-electron chi connectivity index (χ3n) is 2.87. The summed E-state index contributed by atoms with van der Waals surface area (Å²) in [4.78, 5) is 15.5. The first-order valence-corrected chi connectivity index (χ1v) is 5.76. The van der Waals surface area contributed by atoms with Crippen LogP contribution in [0.3, 0.4) is 0 Å². The fourth-order valence-corrected chi connectivity index (χ4v) is 1.93. The molecule has 0 amide bonds. The maximum atomic E-state index is 5.32. The highest BCUT2D eigenvalue weighted by Gasteiger charge is 2.13. The number of aromatic nitrogens is 3. The summed E-state index contributed by atoms with van der Waals surface area (Å²) in [6.45, 7) is 5.20. The number of aryl methyl sites for hydroxylation is 1. The zero-order chi connectivity index (χ0) is 11.7. The van der Waals surface area contributed by atoms with Crippen molar-refractivity contribution in [1.82, 2.24) is 15.0 Å². The van der Waals surface area contributed by atoms with Crippen LogP contribution < -0.4 is 4.90 Å². The van der Waals surface area contributed by atoms with Gasteiger partial charge in [0, 0.05) is 18.8 Å². The van der Waals surface area contributed by atoms with Crippen LogP contribution in [0.1, 0.15) is 5.69 Å². The Kier molecular flexibility index (Phi) is 2.60. The Balaban J connectivity index is 1.99.